The molecule has 2 atom stereocenters. The number of hydrogen-bond acceptors (Lipinski definition) is 6. The molecule has 0 saturated heterocycles. The highest BCUT2D eigenvalue weighted by Gasteiger charge is 2.34. The van der Waals surface area contributed by atoms with Gasteiger partial charge in [-0.2, -0.15) is 0 Å². The number of anilines is 1. The van der Waals surface area contributed by atoms with Gasteiger partial charge in [-0.25, -0.2) is 12.8 Å². The molecule has 3 aromatic carbocycles. The Morgan fingerprint density at radius 2 is 1.61 bits per heavy atom. The van der Waals surface area contributed by atoms with E-state index < -0.39 is 40.2 Å². The molecule has 0 bridgehead atoms. The van der Waals surface area contributed by atoms with Gasteiger partial charge in [0.05, 0.1) is 24.8 Å². The molecule has 0 spiro atoms. The van der Waals surface area contributed by atoms with Crippen LogP contribution >= 0.6 is 0 Å². The van der Waals surface area contributed by atoms with Crippen molar-refractivity contribution in [1.82, 2.24) is 10.2 Å². The zero-order chi connectivity index (χ0) is 30.2. The van der Waals surface area contributed by atoms with Crippen molar-refractivity contribution in [2.45, 2.75) is 50.7 Å². The number of ether oxygens (including phenoxy) is 2. The molecule has 0 heterocycles. The van der Waals surface area contributed by atoms with Crippen LogP contribution in [0.1, 0.15) is 32.8 Å². The molecule has 9 nitrogen and oxygen atoms in total. The number of carbonyl (C=O) groups is 2. The van der Waals surface area contributed by atoms with Gasteiger partial charge < -0.3 is 19.7 Å². The lowest BCUT2D eigenvalue weighted by Gasteiger charge is -2.33. The van der Waals surface area contributed by atoms with Crippen LogP contribution in [0.2, 0.25) is 0 Å². The molecule has 3 aromatic rings. The van der Waals surface area contributed by atoms with Gasteiger partial charge in [0.1, 0.15) is 29.9 Å². The first-order chi connectivity index (χ1) is 19.5. The minimum atomic E-state index is -4.31. The first-order valence-electron chi connectivity index (χ1n) is 13.2. The first kappa shape index (κ1) is 31.4. The summed E-state index contributed by atoms with van der Waals surface area (Å²) in [6.45, 7) is 4.31. The Morgan fingerprint density at radius 1 is 0.951 bits per heavy atom. The molecule has 0 radical (unpaired) electrons. The van der Waals surface area contributed by atoms with Crippen LogP contribution in [0.25, 0.3) is 0 Å². The van der Waals surface area contributed by atoms with Crippen LogP contribution in [0.4, 0.5) is 10.1 Å². The van der Waals surface area contributed by atoms with Gasteiger partial charge in [0, 0.05) is 24.2 Å². The van der Waals surface area contributed by atoms with E-state index in [0.717, 1.165) is 4.31 Å². The van der Waals surface area contributed by atoms with Crippen molar-refractivity contribution in [2.24, 2.45) is 0 Å². The summed E-state index contributed by atoms with van der Waals surface area (Å²) in [7, 11) is -1.50. The van der Waals surface area contributed by atoms with E-state index in [1.807, 2.05) is 13.8 Å². The quantitative estimate of drug-likeness (QED) is 0.320. The molecule has 3 rings (SSSR count). The van der Waals surface area contributed by atoms with Crippen LogP contribution in [0.15, 0.2) is 77.7 Å². The van der Waals surface area contributed by atoms with E-state index in [4.69, 9.17) is 9.47 Å². The lowest BCUT2D eigenvalue weighted by atomic mass is 10.1. The number of nitrogens with one attached hydrogen (secondary N) is 1. The molecule has 0 unspecified atom stereocenters. The van der Waals surface area contributed by atoms with Crippen molar-refractivity contribution < 1.29 is 31.9 Å². The van der Waals surface area contributed by atoms with Gasteiger partial charge in [0.15, 0.2) is 0 Å². The predicted octanol–water partition coefficient (Wildman–Crippen LogP) is 4.37. The summed E-state index contributed by atoms with van der Waals surface area (Å²) < 4.78 is 54.3. The van der Waals surface area contributed by atoms with Gasteiger partial charge in [-0.3, -0.25) is 13.9 Å². The van der Waals surface area contributed by atoms with E-state index >= 15 is 0 Å². The fourth-order valence-corrected chi connectivity index (χ4v) is 5.52. The number of hydrogen-bond donors (Lipinski definition) is 1. The Balaban J connectivity index is 2.11. The molecule has 0 aliphatic rings. The van der Waals surface area contributed by atoms with Crippen molar-refractivity contribution in [2.75, 3.05) is 25.1 Å². The third-order valence-corrected chi connectivity index (χ3v) is 8.51. The maximum Gasteiger partial charge on any atom is 0.264 e. The summed E-state index contributed by atoms with van der Waals surface area (Å²) in [4.78, 5) is 28.3. The van der Waals surface area contributed by atoms with E-state index in [9.17, 15) is 22.4 Å². The molecular weight excluding hydrogens is 549 g/mol. The second-order valence-electron chi connectivity index (χ2n) is 9.47. The summed E-state index contributed by atoms with van der Waals surface area (Å²) in [5.74, 6) is -1.19. The standard InChI is InChI=1S/C30H36FN3O6S/c1-6-21(2)32-30(36)22(3)33(19-23-12-10-11-15-26(23)31)29(35)20-34(41(37,38)25-13-8-7-9-14-25)27-18-24(39-4)16-17-28(27)40-5/h7-18,21-22H,6,19-20H2,1-5H3,(H,32,36)/t21-,22+/m1/s1. The highest BCUT2D eigenvalue weighted by atomic mass is 32.2. The number of methoxy groups -OCH3 is 2. The minimum Gasteiger partial charge on any atom is -0.497 e. The summed E-state index contributed by atoms with van der Waals surface area (Å²) in [5.41, 5.74) is 0.243. The van der Waals surface area contributed by atoms with Crippen LogP contribution < -0.4 is 19.1 Å². The SMILES string of the molecule is CC[C@@H](C)NC(=O)[C@H](C)N(Cc1ccccc1F)C(=O)CN(c1cc(OC)ccc1OC)S(=O)(=O)c1ccccc1. The molecule has 2 amide bonds. The van der Waals surface area contributed by atoms with Crippen LogP contribution in [-0.2, 0) is 26.2 Å². The molecular formula is C30H36FN3O6S. The summed E-state index contributed by atoms with van der Waals surface area (Å²) in [6.07, 6.45) is 0.665. The second kappa shape index (κ2) is 14.0. The first-order valence-corrected chi connectivity index (χ1v) is 14.6. The molecule has 0 aromatic heterocycles. The van der Waals surface area contributed by atoms with Crippen molar-refractivity contribution in [1.29, 1.82) is 0 Å². The average Bonchev–Trinajstić information content (AvgIpc) is 2.98. The summed E-state index contributed by atoms with van der Waals surface area (Å²) in [6, 6.07) is 17.0. The predicted molar refractivity (Wildman–Crippen MR) is 155 cm³/mol. The Kier molecular flexibility index (Phi) is 10.7. The molecule has 41 heavy (non-hydrogen) atoms. The van der Waals surface area contributed by atoms with Crippen molar-refractivity contribution >= 4 is 27.5 Å². The van der Waals surface area contributed by atoms with Crippen molar-refractivity contribution in [3.63, 3.8) is 0 Å². The lowest BCUT2D eigenvalue weighted by Crippen LogP contribution is -2.52. The number of benzene rings is 3. The van der Waals surface area contributed by atoms with E-state index in [2.05, 4.69) is 5.32 Å². The third-order valence-electron chi connectivity index (χ3n) is 6.73. The largest absolute Gasteiger partial charge is 0.497 e. The maximum atomic E-state index is 14.7. The summed E-state index contributed by atoms with van der Waals surface area (Å²) >= 11 is 0. The van der Waals surface area contributed by atoms with Gasteiger partial charge in [-0.05, 0) is 50.6 Å². The fraction of sp³-hybridized carbons (Fsp3) is 0.333. The second-order valence-corrected chi connectivity index (χ2v) is 11.3. The molecule has 220 valence electrons. The maximum absolute atomic E-state index is 14.7. The Morgan fingerprint density at radius 3 is 2.22 bits per heavy atom. The van der Waals surface area contributed by atoms with Crippen LogP contribution in [0.3, 0.4) is 0 Å². The molecule has 0 fully saturated rings. The average molecular weight is 586 g/mol. The van der Waals surface area contributed by atoms with Gasteiger partial charge in [-0.15, -0.1) is 0 Å². The topological polar surface area (TPSA) is 105 Å². The molecule has 11 heteroatoms. The van der Waals surface area contributed by atoms with Crippen LogP contribution in [0, 0.1) is 5.82 Å². The zero-order valence-corrected chi connectivity index (χ0v) is 24.7. The van der Waals surface area contributed by atoms with E-state index in [1.165, 1.54) is 68.5 Å². The highest BCUT2D eigenvalue weighted by Crippen LogP contribution is 2.36. The number of halogens is 1. The van der Waals surface area contributed by atoms with E-state index in [-0.39, 0.29) is 34.5 Å². The minimum absolute atomic E-state index is 0.0547. The molecule has 0 aliphatic heterocycles. The zero-order valence-electron chi connectivity index (χ0n) is 23.8. The fourth-order valence-electron chi connectivity index (χ4n) is 4.08. The smallest absolute Gasteiger partial charge is 0.264 e. The van der Waals surface area contributed by atoms with E-state index in [1.54, 1.807) is 30.3 Å². The van der Waals surface area contributed by atoms with Gasteiger partial charge in [0.25, 0.3) is 10.0 Å². The van der Waals surface area contributed by atoms with Crippen molar-refractivity contribution in [3.05, 3.63) is 84.2 Å². The monoisotopic (exact) mass is 585 g/mol. The van der Waals surface area contributed by atoms with E-state index in [0.29, 0.717) is 12.2 Å². The third kappa shape index (κ3) is 7.55. The molecule has 0 aliphatic carbocycles. The number of carbonyl (C=O) groups excluding carboxylic acids is 2. The normalized spacial score (nSPS) is 12.6. The lowest BCUT2D eigenvalue weighted by molar-refractivity contribution is -0.139. The van der Waals surface area contributed by atoms with Crippen molar-refractivity contribution in [3.8, 4) is 11.5 Å². The highest BCUT2D eigenvalue weighted by molar-refractivity contribution is 7.92. The number of nitrogens with zero attached hydrogens (tertiary/aromatic N) is 2. The van der Waals surface area contributed by atoms with Gasteiger partial charge in [0.2, 0.25) is 11.8 Å². The Labute approximate surface area is 240 Å². The number of rotatable bonds is 13. The Hall–Kier alpha value is -4.12. The molecule has 0 saturated carbocycles. The van der Waals surface area contributed by atoms with Crippen LogP contribution in [0.5, 0.6) is 11.5 Å². The van der Waals surface area contributed by atoms with Gasteiger partial charge in [-0.1, -0.05) is 43.3 Å². The number of amides is 2. The summed E-state index contributed by atoms with van der Waals surface area (Å²) in [5, 5.41) is 2.84. The van der Waals surface area contributed by atoms with Gasteiger partial charge >= 0.3 is 0 Å². The number of sulfonamides is 1. The Bertz CT molecular complexity index is 1450. The van der Waals surface area contributed by atoms with Crippen LogP contribution in [-0.4, -0.2) is 58.0 Å². The molecule has 1 N–H and O–H groups in total.